The van der Waals surface area contributed by atoms with Crippen molar-refractivity contribution in [2.45, 2.75) is 24.9 Å². The second-order valence-electron chi connectivity index (χ2n) is 7.83. The van der Waals surface area contributed by atoms with Crippen LogP contribution in [0.15, 0.2) is 84.9 Å². The Morgan fingerprint density at radius 1 is 0.871 bits per heavy atom. The Bertz CT molecular complexity index is 1100. The van der Waals surface area contributed by atoms with Gasteiger partial charge in [0.15, 0.2) is 0 Å². The van der Waals surface area contributed by atoms with Gasteiger partial charge in [-0.05, 0) is 41.7 Å². The zero-order chi connectivity index (χ0) is 21.7. The molecule has 0 atom stereocenters. The van der Waals surface area contributed by atoms with Gasteiger partial charge in [-0.25, -0.2) is 0 Å². The van der Waals surface area contributed by atoms with Crippen LogP contribution in [0.25, 0.3) is 11.1 Å². The van der Waals surface area contributed by atoms with E-state index in [1.165, 1.54) is 4.90 Å². The lowest BCUT2D eigenvalue weighted by Crippen LogP contribution is -2.44. The van der Waals surface area contributed by atoms with Gasteiger partial charge in [0.2, 0.25) is 5.91 Å². The van der Waals surface area contributed by atoms with E-state index in [1.807, 2.05) is 72.8 Å². The van der Waals surface area contributed by atoms with E-state index >= 15 is 0 Å². The molecule has 1 fully saturated rings. The summed E-state index contributed by atoms with van der Waals surface area (Å²) in [5.41, 5.74) is 2.80. The molecule has 0 unspecified atom stereocenters. The second kappa shape index (κ2) is 8.85. The monoisotopic (exact) mass is 409 g/mol. The highest BCUT2D eigenvalue weighted by molar-refractivity contribution is 5.97. The number of nitrogens with zero attached hydrogens (tertiary/aromatic N) is 2. The summed E-state index contributed by atoms with van der Waals surface area (Å²) < 4.78 is 0. The molecular formula is C26H23N3O2. The number of hydrogen-bond donors (Lipinski definition) is 1. The summed E-state index contributed by atoms with van der Waals surface area (Å²) in [7, 11) is 0. The summed E-state index contributed by atoms with van der Waals surface area (Å²) in [5.74, 6) is -0.537. The Hall–Kier alpha value is -3.91. The molecule has 3 aromatic carbocycles. The van der Waals surface area contributed by atoms with Crippen LogP contribution >= 0.6 is 0 Å². The minimum absolute atomic E-state index is 0.0996. The van der Waals surface area contributed by atoms with Gasteiger partial charge >= 0.3 is 0 Å². The molecule has 2 amide bonds. The molecule has 1 aliphatic rings. The molecule has 1 aliphatic carbocycles. The van der Waals surface area contributed by atoms with Gasteiger partial charge in [-0.1, -0.05) is 72.8 Å². The van der Waals surface area contributed by atoms with Gasteiger partial charge in [0.05, 0.1) is 6.07 Å². The summed E-state index contributed by atoms with van der Waals surface area (Å²) in [6.07, 6.45) is 1.31. The Balaban J connectivity index is 1.53. The third kappa shape index (κ3) is 4.99. The minimum atomic E-state index is -0.754. The van der Waals surface area contributed by atoms with Crippen molar-refractivity contribution in [2.24, 2.45) is 0 Å². The lowest BCUT2D eigenvalue weighted by Gasteiger charge is -2.23. The van der Waals surface area contributed by atoms with Crippen molar-refractivity contribution in [1.29, 1.82) is 5.26 Å². The number of nitrogens with one attached hydrogen (secondary N) is 1. The van der Waals surface area contributed by atoms with Crippen molar-refractivity contribution in [3.63, 3.8) is 0 Å². The zero-order valence-corrected chi connectivity index (χ0v) is 17.1. The molecule has 0 aliphatic heterocycles. The molecule has 0 aromatic heterocycles. The SMILES string of the molecule is N#CC1(NC(=O)CN(Cc2ccccc2)C(=O)c2ccc(-c3ccccc3)cc2)CC1. The van der Waals surface area contributed by atoms with Gasteiger partial charge in [0.25, 0.3) is 5.91 Å². The number of carbonyl (C=O) groups is 2. The molecule has 5 nitrogen and oxygen atoms in total. The fraction of sp³-hybridized carbons (Fsp3) is 0.192. The molecule has 0 bridgehead atoms. The van der Waals surface area contributed by atoms with Crippen LogP contribution in [0.1, 0.15) is 28.8 Å². The Morgan fingerprint density at radius 2 is 1.45 bits per heavy atom. The van der Waals surface area contributed by atoms with Crippen molar-refractivity contribution >= 4 is 11.8 Å². The number of benzene rings is 3. The molecule has 4 rings (SSSR count). The highest BCUT2D eigenvalue weighted by atomic mass is 16.2. The first-order valence-electron chi connectivity index (χ1n) is 10.3. The second-order valence-corrected chi connectivity index (χ2v) is 7.83. The molecule has 0 spiro atoms. The van der Waals surface area contributed by atoms with Gasteiger partial charge < -0.3 is 10.2 Å². The lowest BCUT2D eigenvalue weighted by atomic mass is 10.0. The van der Waals surface area contributed by atoms with Crippen LogP contribution in [0.2, 0.25) is 0 Å². The van der Waals surface area contributed by atoms with Crippen LogP contribution in [0.3, 0.4) is 0 Å². The predicted molar refractivity (Wildman–Crippen MR) is 119 cm³/mol. The molecule has 31 heavy (non-hydrogen) atoms. The van der Waals surface area contributed by atoms with Gasteiger partial charge in [0.1, 0.15) is 12.1 Å². The summed E-state index contributed by atoms with van der Waals surface area (Å²) in [4.78, 5) is 27.4. The van der Waals surface area contributed by atoms with Gasteiger partial charge in [0, 0.05) is 12.1 Å². The summed E-state index contributed by atoms with van der Waals surface area (Å²) in [5, 5.41) is 12.0. The maximum atomic E-state index is 13.3. The average Bonchev–Trinajstić information content (AvgIpc) is 3.59. The van der Waals surface area contributed by atoms with E-state index in [1.54, 1.807) is 12.1 Å². The van der Waals surface area contributed by atoms with E-state index in [9.17, 15) is 14.9 Å². The number of amides is 2. The average molecular weight is 409 g/mol. The molecule has 3 aromatic rings. The van der Waals surface area contributed by atoms with Crippen LogP contribution in [0, 0.1) is 11.3 Å². The third-order valence-electron chi connectivity index (χ3n) is 5.42. The number of rotatable bonds is 7. The normalized spacial score (nSPS) is 13.6. The van der Waals surface area contributed by atoms with Crippen molar-refractivity contribution in [2.75, 3.05) is 6.54 Å². The summed E-state index contributed by atoms with van der Waals surface area (Å²) >= 11 is 0. The third-order valence-corrected chi connectivity index (χ3v) is 5.42. The van der Waals surface area contributed by atoms with Crippen molar-refractivity contribution in [3.05, 3.63) is 96.1 Å². The molecule has 1 N–H and O–H groups in total. The molecule has 1 saturated carbocycles. The summed E-state index contributed by atoms with van der Waals surface area (Å²) in [6.45, 7) is 0.213. The van der Waals surface area contributed by atoms with E-state index in [0.29, 0.717) is 24.9 Å². The Labute approximate surface area is 181 Å². The zero-order valence-electron chi connectivity index (χ0n) is 17.1. The molecule has 0 saturated heterocycles. The standard InChI is InChI=1S/C26H23N3O2/c27-19-26(15-16-26)28-24(30)18-29(17-20-7-3-1-4-8-20)25(31)23-13-11-22(12-14-23)21-9-5-2-6-10-21/h1-14H,15-18H2,(H,28,30). The van der Waals surface area contributed by atoms with E-state index in [-0.39, 0.29) is 18.4 Å². The van der Waals surface area contributed by atoms with Crippen molar-refractivity contribution in [3.8, 4) is 17.2 Å². The minimum Gasteiger partial charge on any atom is -0.336 e. The van der Waals surface area contributed by atoms with Crippen LogP contribution in [0.5, 0.6) is 0 Å². The van der Waals surface area contributed by atoms with Gasteiger partial charge in [-0.3, -0.25) is 9.59 Å². The van der Waals surface area contributed by atoms with Crippen LogP contribution in [-0.4, -0.2) is 28.8 Å². The molecular weight excluding hydrogens is 386 g/mol. The smallest absolute Gasteiger partial charge is 0.254 e. The maximum Gasteiger partial charge on any atom is 0.254 e. The van der Waals surface area contributed by atoms with E-state index in [0.717, 1.165) is 16.7 Å². The quantitative estimate of drug-likeness (QED) is 0.637. The highest BCUT2D eigenvalue weighted by Gasteiger charge is 2.44. The van der Waals surface area contributed by atoms with Crippen molar-refractivity contribution in [1.82, 2.24) is 10.2 Å². The molecule has 5 heteroatoms. The molecule has 0 radical (unpaired) electrons. The highest BCUT2D eigenvalue weighted by Crippen LogP contribution is 2.34. The Kier molecular flexibility index (Phi) is 5.81. The first kappa shape index (κ1) is 20.4. The number of nitriles is 1. The number of carbonyl (C=O) groups excluding carboxylic acids is 2. The fourth-order valence-corrected chi connectivity index (χ4v) is 3.49. The van der Waals surface area contributed by atoms with Gasteiger partial charge in [-0.15, -0.1) is 0 Å². The van der Waals surface area contributed by atoms with E-state index in [2.05, 4.69) is 11.4 Å². The van der Waals surface area contributed by atoms with Crippen LogP contribution in [-0.2, 0) is 11.3 Å². The van der Waals surface area contributed by atoms with Crippen molar-refractivity contribution < 1.29 is 9.59 Å². The molecule has 0 heterocycles. The lowest BCUT2D eigenvalue weighted by molar-refractivity contribution is -0.122. The first-order chi connectivity index (χ1) is 15.1. The number of hydrogen-bond acceptors (Lipinski definition) is 3. The van der Waals surface area contributed by atoms with Crippen LogP contribution < -0.4 is 5.32 Å². The van der Waals surface area contributed by atoms with Crippen LogP contribution in [0.4, 0.5) is 0 Å². The molecule has 154 valence electrons. The largest absolute Gasteiger partial charge is 0.336 e. The summed E-state index contributed by atoms with van der Waals surface area (Å²) in [6, 6.07) is 29.1. The predicted octanol–water partition coefficient (Wildman–Crippen LogP) is 4.17. The van der Waals surface area contributed by atoms with E-state index in [4.69, 9.17) is 0 Å². The Morgan fingerprint density at radius 3 is 2.03 bits per heavy atom. The maximum absolute atomic E-state index is 13.3. The van der Waals surface area contributed by atoms with Gasteiger partial charge in [-0.2, -0.15) is 5.26 Å². The fourth-order valence-electron chi connectivity index (χ4n) is 3.49. The van der Waals surface area contributed by atoms with E-state index < -0.39 is 5.54 Å². The topological polar surface area (TPSA) is 73.2 Å². The first-order valence-corrected chi connectivity index (χ1v) is 10.3.